The Morgan fingerprint density at radius 1 is 1.03 bits per heavy atom. The first-order valence-corrected chi connectivity index (χ1v) is 8.88. The van der Waals surface area contributed by atoms with Gasteiger partial charge in [0.05, 0.1) is 16.1 Å². The predicted molar refractivity (Wildman–Crippen MR) is 101 cm³/mol. The first kappa shape index (κ1) is 22.2. The van der Waals surface area contributed by atoms with Crippen molar-refractivity contribution >= 4 is 29.2 Å². The summed E-state index contributed by atoms with van der Waals surface area (Å²) in [4.78, 5) is 24.4. The maximum Gasteiger partial charge on any atom is 0.416 e. The lowest BCUT2D eigenvalue weighted by atomic mass is 10.1. The lowest BCUT2D eigenvalue weighted by molar-refractivity contribution is -0.138. The predicted octanol–water partition coefficient (Wildman–Crippen LogP) is 4.54. The minimum absolute atomic E-state index is 0.135. The van der Waals surface area contributed by atoms with E-state index in [0.29, 0.717) is 12.1 Å². The number of nitrogens with one attached hydrogen (secondary N) is 3. The molecule has 0 atom stereocenters. The van der Waals surface area contributed by atoms with Gasteiger partial charge in [0.25, 0.3) is 11.8 Å². The fourth-order valence-electron chi connectivity index (χ4n) is 2.60. The van der Waals surface area contributed by atoms with Gasteiger partial charge in [-0.2, -0.15) is 18.3 Å². The smallest absolute Gasteiger partial charge is 0.347 e. The first-order valence-electron chi connectivity index (χ1n) is 8.51. The van der Waals surface area contributed by atoms with Gasteiger partial charge in [-0.05, 0) is 23.8 Å². The highest BCUT2D eigenvalue weighted by Gasteiger charge is 2.32. The maximum atomic E-state index is 13.3. The van der Waals surface area contributed by atoms with Crippen LogP contribution in [0.1, 0.15) is 32.0 Å². The number of aromatic nitrogens is 2. The molecule has 2 aromatic carbocycles. The van der Waals surface area contributed by atoms with Crippen LogP contribution >= 0.6 is 11.6 Å². The fraction of sp³-hybridized carbons (Fsp3) is 0.105. The number of nitrogens with zero attached hydrogens (tertiary/aromatic N) is 1. The van der Waals surface area contributed by atoms with Crippen molar-refractivity contribution in [3.05, 3.63) is 81.5 Å². The molecular weight excluding hydrogens is 447 g/mol. The molecular formula is C19H12ClF5N4O2. The molecule has 0 aliphatic rings. The number of H-pyrrole nitrogens is 1. The number of amides is 2. The summed E-state index contributed by atoms with van der Waals surface area (Å²) >= 11 is 5.72. The van der Waals surface area contributed by atoms with Crippen LogP contribution in [-0.2, 0) is 12.7 Å². The average Bonchev–Trinajstić information content (AvgIpc) is 3.17. The summed E-state index contributed by atoms with van der Waals surface area (Å²) in [5.74, 6) is -4.35. The third-order valence-corrected chi connectivity index (χ3v) is 4.39. The van der Waals surface area contributed by atoms with E-state index in [2.05, 4.69) is 20.8 Å². The van der Waals surface area contributed by atoms with E-state index in [0.717, 1.165) is 12.1 Å². The van der Waals surface area contributed by atoms with Crippen molar-refractivity contribution in [2.24, 2.45) is 0 Å². The molecule has 0 bridgehead atoms. The van der Waals surface area contributed by atoms with Gasteiger partial charge in [-0.3, -0.25) is 14.7 Å². The van der Waals surface area contributed by atoms with Crippen molar-refractivity contribution in [1.82, 2.24) is 15.5 Å². The van der Waals surface area contributed by atoms with Crippen molar-refractivity contribution in [3.63, 3.8) is 0 Å². The van der Waals surface area contributed by atoms with Crippen LogP contribution in [0.15, 0.2) is 42.5 Å². The van der Waals surface area contributed by atoms with Crippen LogP contribution in [0.4, 0.5) is 27.8 Å². The molecule has 31 heavy (non-hydrogen) atoms. The van der Waals surface area contributed by atoms with Gasteiger partial charge in [0.15, 0.2) is 17.5 Å². The Morgan fingerprint density at radius 2 is 1.71 bits per heavy atom. The van der Waals surface area contributed by atoms with Crippen LogP contribution < -0.4 is 10.6 Å². The first-order chi connectivity index (χ1) is 14.6. The molecule has 0 aliphatic heterocycles. The summed E-state index contributed by atoms with van der Waals surface area (Å²) in [6, 6.07) is 7.11. The zero-order valence-electron chi connectivity index (χ0n) is 15.3. The number of aromatic amines is 1. The number of hydrogen-bond acceptors (Lipinski definition) is 3. The normalized spacial score (nSPS) is 11.3. The molecule has 6 nitrogen and oxygen atoms in total. The topological polar surface area (TPSA) is 86.9 Å². The molecule has 2 amide bonds. The van der Waals surface area contributed by atoms with Crippen LogP contribution in [0.5, 0.6) is 0 Å². The van der Waals surface area contributed by atoms with Gasteiger partial charge in [-0.1, -0.05) is 29.8 Å². The van der Waals surface area contributed by atoms with Gasteiger partial charge in [0, 0.05) is 12.6 Å². The number of benzene rings is 2. The van der Waals surface area contributed by atoms with Crippen molar-refractivity contribution in [2.45, 2.75) is 12.7 Å². The molecule has 3 N–H and O–H groups in total. The van der Waals surface area contributed by atoms with Gasteiger partial charge in [-0.15, -0.1) is 0 Å². The van der Waals surface area contributed by atoms with Crippen molar-refractivity contribution in [2.75, 3.05) is 5.32 Å². The van der Waals surface area contributed by atoms with E-state index < -0.39 is 41.7 Å². The van der Waals surface area contributed by atoms with E-state index in [1.54, 1.807) is 0 Å². The third-order valence-electron chi connectivity index (χ3n) is 4.08. The van der Waals surface area contributed by atoms with Gasteiger partial charge in [0.1, 0.15) is 5.69 Å². The Morgan fingerprint density at radius 3 is 2.42 bits per heavy atom. The summed E-state index contributed by atoms with van der Waals surface area (Å²) in [6.45, 7) is -0.403. The van der Waals surface area contributed by atoms with Crippen molar-refractivity contribution in [1.29, 1.82) is 0 Å². The number of halogens is 6. The van der Waals surface area contributed by atoms with Crippen LogP contribution in [-0.4, -0.2) is 22.0 Å². The highest BCUT2D eigenvalue weighted by atomic mass is 35.5. The van der Waals surface area contributed by atoms with Crippen molar-refractivity contribution in [3.8, 4) is 0 Å². The highest BCUT2D eigenvalue weighted by molar-refractivity contribution is 6.34. The standard InChI is InChI=1S/C19H12ClF5N4O2/c20-12-6-14(22)13(21)5-10(12)17(30)27-16-7-15(28-29-16)18(31)26-8-9-3-1-2-4-11(9)19(23,24)25/h1-7H,8H2,(H,26,31)(H2,27,28,29,30). The largest absolute Gasteiger partial charge is 0.416 e. The molecule has 1 heterocycles. The van der Waals surface area contributed by atoms with Gasteiger partial charge in [0.2, 0.25) is 0 Å². The van der Waals surface area contributed by atoms with Gasteiger partial charge in [-0.25, -0.2) is 8.78 Å². The summed E-state index contributed by atoms with van der Waals surface area (Å²) in [7, 11) is 0. The Bertz CT molecular complexity index is 1150. The highest BCUT2D eigenvalue weighted by Crippen LogP contribution is 2.31. The number of hydrogen-bond donors (Lipinski definition) is 3. The SMILES string of the molecule is O=C(NCc1ccccc1C(F)(F)F)c1cc(NC(=O)c2cc(F)c(F)cc2Cl)n[nH]1. The summed E-state index contributed by atoms with van der Waals surface area (Å²) in [5.41, 5.74) is -1.53. The molecule has 0 fully saturated rings. The number of carbonyl (C=O) groups is 2. The van der Waals surface area contributed by atoms with Gasteiger partial charge < -0.3 is 10.6 Å². The lowest BCUT2D eigenvalue weighted by Gasteiger charge is -2.12. The van der Waals surface area contributed by atoms with Crippen LogP contribution in [0.25, 0.3) is 0 Å². The Hall–Kier alpha value is -3.47. The molecule has 0 radical (unpaired) electrons. The second kappa shape index (κ2) is 8.72. The fourth-order valence-corrected chi connectivity index (χ4v) is 2.84. The molecule has 0 unspecified atom stereocenters. The van der Waals surface area contributed by atoms with E-state index >= 15 is 0 Å². The number of anilines is 1. The lowest BCUT2D eigenvalue weighted by Crippen LogP contribution is -2.24. The van der Waals surface area contributed by atoms with Crippen LogP contribution in [0, 0.1) is 11.6 Å². The van der Waals surface area contributed by atoms with E-state index in [4.69, 9.17) is 11.6 Å². The minimum atomic E-state index is -4.58. The van der Waals surface area contributed by atoms with Crippen molar-refractivity contribution < 1.29 is 31.5 Å². The minimum Gasteiger partial charge on any atom is -0.347 e. The van der Waals surface area contributed by atoms with Gasteiger partial charge >= 0.3 is 6.18 Å². The Labute approximate surface area is 176 Å². The monoisotopic (exact) mass is 458 g/mol. The molecule has 3 aromatic rings. The van der Waals surface area contributed by atoms with Crippen LogP contribution in [0.2, 0.25) is 5.02 Å². The molecule has 0 aliphatic carbocycles. The molecule has 0 saturated heterocycles. The summed E-state index contributed by atoms with van der Waals surface area (Å²) in [6.07, 6.45) is -4.58. The molecule has 1 aromatic heterocycles. The second-order valence-corrected chi connectivity index (χ2v) is 6.61. The van der Waals surface area contributed by atoms with E-state index in [9.17, 15) is 31.5 Å². The quantitative estimate of drug-likeness (QED) is 0.387. The third kappa shape index (κ3) is 5.18. The molecule has 3 rings (SSSR count). The van der Waals surface area contributed by atoms with E-state index in [-0.39, 0.29) is 27.7 Å². The maximum absolute atomic E-state index is 13.3. The Kier molecular flexibility index (Phi) is 6.25. The second-order valence-electron chi connectivity index (χ2n) is 6.20. The summed E-state index contributed by atoms with van der Waals surface area (Å²) in [5, 5.41) is 10.2. The molecule has 0 spiro atoms. The number of alkyl halides is 3. The molecule has 12 heteroatoms. The van der Waals surface area contributed by atoms with Crippen LogP contribution in [0.3, 0.4) is 0 Å². The Balaban J connectivity index is 1.67. The average molecular weight is 459 g/mol. The van der Waals surface area contributed by atoms with E-state index in [1.165, 1.54) is 18.2 Å². The zero-order chi connectivity index (χ0) is 22.8. The zero-order valence-corrected chi connectivity index (χ0v) is 16.0. The number of carbonyl (C=O) groups excluding carboxylic acids is 2. The number of rotatable bonds is 5. The molecule has 0 saturated carbocycles. The van der Waals surface area contributed by atoms with E-state index in [1.807, 2.05) is 0 Å². The molecule has 162 valence electrons. The summed E-state index contributed by atoms with van der Waals surface area (Å²) < 4.78 is 65.5.